The first-order valence-electron chi connectivity index (χ1n) is 8.84. The maximum Gasteiger partial charge on any atom is 0.194 e. The van der Waals surface area contributed by atoms with E-state index in [0.717, 1.165) is 33.4 Å². The molecule has 3 aromatic carbocycles. The number of benzene rings is 3. The van der Waals surface area contributed by atoms with Gasteiger partial charge in [-0.1, -0.05) is 75.1 Å². The van der Waals surface area contributed by atoms with Crippen LogP contribution >= 0.6 is 0 Å². The van der Waals surface area contributed by atoms with Crippen LogP contribution in [0.25, 0.3) is 11.1 Å². The molecular weight excluding hydrogens is 316 g/mol. The molecule has 1 heteroatoms. The van der Waals surface area contributed by atoms with Crippen LogP contribution in [-0.4, -0.2) is 5.78 Å². The maximum absolute atomic E-state index is 12.6. The van der Waals surface area contributed by atoms with Crippen LogP contribution in [0.2, 0.25) is 0 Å². The van der Waals surface area contributed by atoms with E-state index in [9.17, 15) is 4.79 Å². The SMILES string of the molecule is CC(C)(C)c1ccc(C#Cc2ccc3c(c2)C(=O)c2ccccc2-3)cc1. The molecule has 3 aromatic rings. The summed E-state index contributed by atoms with van der Waals surface area (Å²) in [5.74, 6) is 6.49. The fraction of sp³-hybridized carbons (Fsp3) is 0.160. The first kappa shape index (κ1) is 16.4. The van der Waals surface area contributed by atoms with E-state index in [-0.39, 0.29) is 11.2 Å². The van der Waals surface area contributed by atoms with E-state index in [1.165, 1.54) is 5.56 Å². The van der Waals surface area contributed by atoms with Crippen LogP contribution in [0.3, 0.4) is 0 Å². The largest absolute Gasteiger partial charge is 0.289 e. The van der Waals surface area contributed by atoms with Crippen LogP contribution < -0.4 is 0 Å². The van der Waals surface area contributed by atoms with Gasteiger partial charge in [0, 0.05) is 22.3 Å². The summed E-state index contributed by atoms with van der Waals surface area (Å²) in [6.45, 7) is 6.60. The van der Waals surface area contributed by atoms with E-state index < -0.39 is 0 Å². The molecule has 26 heavy (non-hydrogen) atoms. The lowest BCUT2D eigenvalue weighted by molar-refractivity contribution is 0.104. The summed E-state index contributed by atoms with van der Waals surface area (Å²) in [5, 5.41) is 0. The molecule has 0 spiro atoms. The van der Waals surface area contributed by atoms with Crippen LogP contribution in [0, 0.1) is 11.8 Å². The van der Waals surface area contributed by atoms with Gasteiger partial charge in [-0.25, -0.2) is 0 Å². The third-order valence-electron chi connectivity index (χ3n) is 4.83. The standard InChI is InChI=1S/C25H20O/c1-25(2,3)19-13-10-17(11-14-19)8-9-18-12-15-21-20-6-4-5-7-22(20)24(26)23(21)16-18/h4-7,10-16H,1-3H3. The Kier molecular flexibility index (Phi) is 3.78. The molecule has 0 saturated carbocycles. The minimum Gasteiger partial charge on any atom is -0.289 e. The molecular formula is C25H20O. The Bertz CT molecular complexity index is 1070. The highest BCUT2D eigenvalue weighted by Crippen LogP contribution is 2.36. The van der Waals surface area contributed by atoms with Gasteiger partial charge in [0.15, 0.2) is 5.78 Å². The van der Waals surface area contributed by atoms with Crippen molar-refractivity contribution in [3.05, 3.63) is 94.5 Å². The van der Waals surface area contributed by atoms with Crippen molar-refractivity contribution in [2.24, 2.45) is 0 Å². The maximum atomic E-state index is 12.6. The lowest BCUT2D eigenvalue weighted by Gasteiger charge is -2.18. The zero-order valence-corrected chi connectivity index (χ0v) is 15.3. The summed E-state index contributed by atoms with van der Waals surface area (Å²) >= 11 is 0. The van der Waals surface area contributed by atoms with Gasteiger partial charge in [-0.15, -0.1) is 0 Å². The minimum atomic E-state index is 0.0915. The number of hydrogen-bond donors (Lipinski definition) is 0. The molecule has 0 N–H and O–H groups in total. The van der Waals surface area contributed by atoms with Crippen molar-refractivity contribution in [3.63, 3.8) is 0 Å². The summed E-state index contributed by atoms with van der Waals surface area (Å²) in [4.78, 5) is 12.6. The van der Waals surface area contributed by atoms with Crippen molar-refractivity contribution in [1.29, 1.82) is 0 Å². The van der Waals surface area contributed by atoms with Gasteiger partial charge >= 0.3 is 0 Å². The highest BCUT2D eigenvalue weighted by atomic mass is 16.1. The molecule has 1 aliphatic carbocycles. The Morgan fingerprint density at radius 3 is 1.92 bits per heavy atom. The van der Waals surface area contributed by atoms with Crippen molar-refractivity contribution in [1.82, 2.24) is 0 Å². The Morgan fingerprint density at radius 2 is 1.23 bits per heavy atom. The third kappa shape index (κ3) is 2.85. The van der Waals surface area contributed by atoms with Crippen LogP contribution in [0.5, 0.6) is 0 Å². The first-order chi connectivity index (χ1) is 12.4. The van der Waals surface area contributed by atoms with Gasteiger partial charge in [-0.3, -0.25) is 4.79 Å². The molecule has 126 valence electrons. The Morgan fingerprint density at radius 1 is 0.654 bits per heavy atom. The van der Waals surface area contributed by atoms with E-state index in [2.05, 4.69) is 56.9 Å². The van der Waals surface area contributed by atoms with Gasteiger partial charge in [-0.05, 0) is 46.4 Å². The smallest absolute Gasteiger partial charge is 0.194 e. The fourth-order valence-corrected chi connectivity index (χ4v) is 3.30. The van der Waals surface area contributed by atoms with Gasteiger partial charge < -0.3 is 0 Å². The normalized spacial score (nSPS) is 12.2. The van der Waals surface area contributed by atoms with E-state index in [1.807, 2.05) is 42.5 Å². The number of carbonyl (C=O) groups is 1. The lowest BCUT2D eigenvalue weighted by atomic mass is 9.87. The number of carbonyl (C=O) groups excluding carboxylic acids is 1. The second-order valence-corrected chi connectivity index (χ2v) is 7.71. The summed E-state index contributed by atoms with van der Waals surface area (Å²) < 4.78 is 0. The van der Waals surface area contributed by atoms with Crippen LogP contribution in [-0.2, 0) is 5.41 Å². The Balaban J connectivity index is 1.64. The topological polar surface area (TPSA) is 17.1 Å². The molecule has 1 nitrogen and oxygen atoms in total. The van der Waals surface area contributed by atoms with E-state index in [4.69, 9.17) is 0 Å². The first-order valence-corrected chi connectivity index (χ1v) is 8.84. The van der Waals surface area contributed by atoms with Crippen LogP contribution in [0.4, 0.5) is 0 Å². The predicted molar refractivity (Wildman–Crippen MR) is 106 cm³/mol. The quantitative estimate of drug-likeness (QED) is 0.382. The molecule has 0 atom stereocenters. The molecule has 0 fully saturated rings. The van der Waals surface area contributed by atoms with Crippen molar-refractivity contribution < 1.29 is 4.79 Å². The zero-order valence-electron chi connectivity index (χ0n) is 15.3. The fourth-order valence-electron chi connectivity index (χ4n) is 3.30. The second kappa shape index (κ2) is 6.00. The molecule has 0 unspecified atom stereocenters. The van der Waals surface area contributed by atoms with Crippen molar-refractivity contribution >= 4 is 5.78 Å². The summed E-state index contributed by atoms with van der Waals surface area (Å²) in [7, 11) is 0. The molecule has 0 bridgehead atoms. The molecule has 0 aromatic heterocycles. The summed E-state index contributed by atoms with van der Waals surface area (Å²) in [6, 6.07) is 22.1. The average Bonchev–Trinajstić information content (AvgIpc) is 2.92. The highest BCUT2D eigenvalue weighted by Gasteiger charge is 2.25. The van der Waals surface area contributed by atoms with Gasteiger partial charge in [0.25, 0.3) is 0 Å². The van der Waals surface area contributed by atoms with E-state index in [0.29, 0.717) is 0 Å². The monoisotopic (exact) mass is 336 g/mol. The predicted octanol–water partition coefficient (Wildman–Crippen LogP) is 5.60. The average molecular weight is 336 g/mol. The summed E-state index contributed by atoms with van der Waals surface area (Å²) in [6.07, 6.45) is 0. The molecule has 0 amide bonds. The Labute approximate surface area is 154 Å². The highest BCUT2D eigenvalue weighted by molar-refractivity contribution is 6.21. The number of hydrogen-bond acceptors (Lipinski definition) is 1. The van der Waals surface area contributed by atoms with E-state index in [1.54, 1.807) is 0 Å². The zero-order chi connectivity index (χ0) is 18.3. The third-order valence-corrected chi connectivity index (χ3v) is 4.83. The molecule has 0 radical (unpaired) electrons. The lowest BCUT2D eigenvalue weighted by Crippen LogP contribution is -2.10. The number of fused-ring (bicyclic) bond motifs is 3. The second-order valence-electron chi connectivity index (χ2n) is 7.71. The number of ketones is 1. The Hall–Kier alpha value is -3.11. The number of rotatable bonds is 0. The molecule has 0 heterocycles. The minimum absolute atomic E-state index is 0.0915. The van der Waals surface area contributed by atoms with Gasteiger partial charge in [0.05, 0.1) is 0 Å². The molecule has 4 rings (SSSR count). The van der Waals surface area contributed by atoms with Gasteiger partial charge in [0.1, 0.15) is 0 Å². The molecule has 0 aliphatic heterocycles. The van der Waals surface area contributed by atoms with Crippen molar-refractivity contribution in [2.75, 3.05) is 0 Å². The van der Waals surface area contributed by atoms with Crippen LogP contribution in [0.1, 0.15) is 53.4 Å². The van der Waals surface area contributed by atoms with Gasteiger partial charge in [0.2, 0.25) is 0 Å². The van der Waals surface area contributed by atoms with Crippen LogP contribution in [0.15, 0.2) is 66.7 Å². The molecule has 0 saturated heterocycles. The van der Waals surface area contributed by atoms with E-state index >= 15 is 0 Å². The molecule has 1 aliphatic rings. The summed E-state index contributed by atoms with van der Waals surface area (Å²) in [5.41, 5.74) is 6.84. The van der Waals surface area contributed by atoms with Crippen molar-refractivity contribution in [3.8, 4) is 23.0 Å². The van der Waals surface area contributed by atoms with Gasteiger partial charge in [-0.2, -0.15) is 0 Å². The van der Waals surface area contributed by atoms with Crippen molar-refractivity contribution in [2.45, 2.75) is 26.2 Å².